The van der Waals surface area contributed by atoms with Gasteiger partial charge >= 0.3 is 0 Å². The van der Waals surface area contributed by atoms with Crippen LogP contribution in [0.2, 0.25) is 0 Å². The van der Waals surface area contributed by atoms with Gasteiger partial charge in [-0.3, -0.25) is 14.5 Å². The molecule has 2 aromatic rings. The number of carbonyl (C=O) groups excluding carboxylic acids is 2. The Hall–Kier alpha value is -2.53. The lowest BCUT2D eigenvalue weighted by Crippen LogP contribution is -2.51. The van der Waals surface area contributed by atoms with Crippen LogP contribution < -0.4 is 4.90 Å². The van der Waals surface area contributed by atoms with Gasteiger partial charge in [0, 0.05) is 17.3 Å². The third-order valence-corrected chi connectivity index (χ3v) is 7.36. The number of aryl methyl sites for hydroxylation is 1. The second-order valence-corrected chi connectivity index (χ2v) is 10.9. The molecule has 0 saturated carbocycles. The van der Waals surface area contributed by atoms with E-state index in [0.29, 0.717) is 23.4 Å². The molecule has 2 aromatic carbocycles. The molecule has 0 radical (unpaired) electrons. The van der Waals surface area contributed by atoms with E-state index in [1.165, 1.54) is 16.2 Å². The van der Waals surface area contributed by atoms with E-state index in [2.05, 4.69) is 57.7 Å². The first-order valence-electron chi connectivity index (χ1n) is 11.3. The summed E-state index contributed by atoms with van der Waals surface area (Å²) in [4.78, 5) is 29.9. The Morgan fingerprint density at radius 1 is 1.12 bits per heavy atom. The van der Waals surface area contributed by atoms with E-state index >= 15 is 0 Å². The molecule has 2 amide bonds. The number of thioether (sulfide) groups is 1. The van der Waals surface area contributed by atoms with E-state index in [9.17, 15) is 9.59 Å². The highest BCUT2D eigenvalue weighted by Gasteiger charge is 2.38. The van der Waals surface area contributed by atoms with E-state index in [0.717, 1.165) is 34.9 Å². The summed E-state index contributed by atoms with van der Waals surface area (Å²) in [5.74, 6) is 0.219. The summed E-state index contributed by atoms with van der Waals surface area (Å²) in [5.41, 5.74) is 5.77. The minimum atomic E-state index is -0.212. The van der Waals surface area contributed by atoms with Crippen LogP contribution in [0.1, 0.15) is 69.2 Å². The van der Waals surface area contributed by atoms with Crippen LogP contribution in [-0.4, -0.2) is 27.6 Å². The summed E-state index contributed by atoms with van der Waals surface area (Å²) in [6.45, 7) is 13.7. The van der Waals surface area contributed by atoms with Gasteiger partial charge in [-0.05, 0) is 93.6 Å². The monoisotopic (exact) mass is 448 g/mol. The Balaban J connectivity index is 1.61. The summed E-state index contributed by atoms with van der Waals surface area (Å²) < 4.78 is 0. The van der Waals surface area contributed by atoms with Crippen LogP contribution in [-0.2, 0) is 11.3 Å². The van der Waals surface area contributed by atoms with Crippen LogP contribution in [0.4, 0.5) is 10.5 Å². The zero-order valence-corrected chi connectivity index (χ0v) is 20.6. The fourth-order valence-electron chi connectivity index (χ4n) is 5.20. The number of hydrogen-bond donors (Lipinski definition) is 0. The van der Waals surface area contributed by atoms with Crippen molar-refractivity contribution in [1.29, 1.82) is 0 Å². The van der Waals surface area contributed by atoms with Crippen molar-refractivity contribution in [3.05, 3.63) is 69.6 Å². The summed E-state index contributed by atoms with van der Waals surface area (Å²) in [6.07, 6.45) is 2.95. The highest BCUT2D eigenvalue weighted by atomic mass is 32.2. The number of nitrogens with zero attached hydrogens (tertiary/aromatic N) is 2. The zero-order valence-electron chi connectivity index (χ0n) is 19.8. The molecule has 0 bridgehead atoms. The molecule has 4 rings (SSSR count). The molecular weight excluding hydrogens is 416 g/mol. The number of hydrogen-bond acceptors (Lipinski definition) is 4. The number of fused-ring (bicyclic) bond motifs is 1. The number of anilines is 1. The van der Waals surface area contributed by atoms with Crippen molar-refractivity contribution in [2.75, 3.05) is 4.90 Å². The minimum absolute atomic E-state index is 0.0979. The first-order valence-corrected chi connectivity index (χ1v) is 12.1. The molecule has 0 N–H and O–H groups in total. The van der Waals surface area contributed by atoms with E-state index in [-0.39, 0.29) is 16.7 Å². The van der Waals surface area contributed by atoms with Gasteiger partial charge < -0.3 is 4.90 Å². The molecule has 4 nitrogen and oxygen atoms in total. The molecule has 0 unspecified atom stereocenters. The molecule has 0 aromatic heterocycles. The molecule has 1 fully saturated rings. The van der Waals surface area contributed by atoms with Crippen molar-refractivity contribution >= 4 is 34.7 Å². The number of benzene rings is 2. The second kappa shape index (κ2) is 8.43. The van der Waals surface area contributed by atoms with E-state index in [4.69, 9.17) is 0 Å². The number of rotatable bonds is 4. The summed E-state index contributed by atoms with van der Waals surface area (Å²) in [5, 5.41) is -0.208. The first kappa shape index (κ1) is 22.7. The van der Waals surface area contributed by atoms with Gasteiger partial charge in [-0.25, -0.2) is 0 Å². The third kappa shape index (κ3) is 4.23. The lowest BCUT2D eigenvalue weighted by Gasteiger charge is -2.50. The lowest BCUT2D eigenvalue weighted by atomic mass is 9.79. The van der Waals surface area contributed by atoms with Crippen molar-refractivity contribution in [2.45, 2.75) is 72.0 Å². The minimum Gasteiger partial charge on any atom is -0.364 e. The second-order valence-electron chi connectivity index (χ2n) is 9.95. The molecule has 1 saturated heterocycles. The highest BCUT2D eigenvalue weighted by molar-refractivity contribution is 8.18. The van der Waals surface area contributed by atoms with Crippen LogP contribution in [0.3, 0.4) is 0 Å². The highest BCUT2D eigenvalue weighted by Crippen LogP contribution is 2.45. The van der Waals surface area contributed by atoms with Crippen molar-refractivity contribution in [1.82, 2.24) is 4.90 Å². The molecule has 0 aliphatic carbocycles. The van der Waals surface area contributed by atoms with E-state index in [1.54, 1.807) is 0 Å². The molecule has 32 heavy (non-hydrogen) atoms. The molecule has 2 heterocycles. The molecule has 5 heteroatoms. The van der Waals surface area contributed by atoms with Crippen molar-refractivity contribution in [3.8, 4) is 0 Å². The predicted molar refractivity (Wildman–Crippen MR) is 134 cm³/mol. The van der Waals surface area contributed by atoms with E-state index in [1.807, 2.05) is 37.3 Å². The summed E-state index contributed by atoms with van der Waals surface area (Å²) >= 11 is 1.03. The molecule has 0 spiro atoms. The fraction of sp³-hybridized carbons (Fsp3) is 0.407. The summed E-state index contributed by atoms with van der Waals surface area (Å²) in [6, 6.07) is 14.8. The number of carbonyl (C=O) groups is 2. The Morgan fingerprint density at radius 2 is 1.81 bits per heavy atom. The maximum atomic E-state index is 13.0. The van der Waals surface area contributed by atoms with Gasteiger partial charge in [0.05, 0.1) is 11.4 Å². The van der Waals surface area contributed by atoms with Crippen molar-refractivity contribution in [3.63, 3.8) is 0 Å². The van der Waals surface area contributed by atoms with Crippen LogP contribution in [0.15, 0.2) is 47.4 Å². The molecular formula is C27H32N2O2S. The van der Waals surface area contributed by atoms with Gasteiger partial charge in [0.15, 0.2) is 0 Å². The first-order chi connectivity index (χ1) is 15.1. The third-order valence-electron chi connectivity index (χ3n) is 6.45. The molecule has 2 aliphatic rings. The maximum absolute atomic E-state index is 13.0. The van der Waals surface area contributed by atoms with Gasteiger partial charge in [0.25, 0.3) is 11.1 Å². The average molecular weight is 449 g/mol. The predicted octanol–water partition coefficient (Wildman–Crippen LogP) is 6.73. The average Bonchev–Trinajstić information content (AvgIpc) is 2.96. The molecule has 1 atom stereocenters. The quantitative estimate of drug-likeness (QED) is 0.486. The molecule has 168 valence electrons. The SMILES string of the molecule is Cc1ccc(CN2C(=O)S/C(=C\c3ccc4c(c3)[C@@H](C)CC(C)(C)N4C(C)C)C2=O)cc1. The van der Waals surface area contributed by atoms with Gasteiger partial charge in [-0.1, -0.05) is 42.8 Å². The lowest BCUT2D eigenvalue weighted by molar-refractivity contribution is -0.123. The Labute approximate surface area is 195 Å². The fourth-order valence-corrected chi connectivity index (χ4v) is 6.04. The summed E-state index contributed by atoms with van der Waals surface area (Å²) in [7, 11) is 0. The number of imide groups is 1. The van der Waals surface area contributed by atoms with Gasteiger partial charge in [-0.15, -0.1) is 0 Å². The Kier molecular flexibility index (Phi) is 5.97. The van der Waals surface area contributed by atoms with Crippen LogP contribution in [0, 0.1) is 6.92 Å². The standard InChI is InChI=1S/C27H32N2O2S/c1-17(2)29-23-12-11-21(13-22(23)19(4)15-27(29,5)6)14-24-25(30)28(26(31)32-24)16-20-9-7-18(3)8-10-20/h7-14,17,19H,15-16H2,1-6H3/b24-14-/t19-/m0/s1. The van der Waals surface area contributed by atoms with Crippen LogP contribution in [0.5, 0.6) is 0 Å². The van der Waals surface area contributed by atoms with Crippen molar-refractivity contribution in [2.24, 2.45) is 0 Å². The topological polar surface area (TPSA) is 40.6 Å². The normalized spacial score (nSPS) is 21.6. The van der Waals surface area contributed by atoms with Crippen LogP contribution in [0.25, 0.3) is 6.08 Å². The number of amides is 2. The smallest absolute Gasteiger partial charge is 0.293 e. The van der Waals surface area contributed by atoms with Gasteiger partial charge in [0.1, 0.15) is 0 Å². The Bertz CT molecular complexity index is 1090. The van der Waals surface area contributed by atoms with Crippen LogP contribution >= 0.6 is 11.8 Å². The van der Waals surface area contributed by atoms with E-state index < -0.39 is 0 Å². The van der Waals surface area contributed by atoms with Gasteiger partial charge in [-0.2, -0.15) is 0 Å². The Morgan fingerprint density at radius 3 is 2.47 bits per heavy atom. The molecule has 2 aliphatic heterocycles. The zero-order chi connectivity index (χ0) is 23.2. The van der Waals surface area contributed by atoms with Crippen molar-refractivity contribution < 1.29 is 9.59 Å². The largest absolute Gasteiger partial charge is 0.364 e. The van der Waals surface area contributed by atoms with Gasteiger partial charge in [0.2, 0.25) is 0 Å². The maximum Gasteiger partial charge on any atom is 0.293 e.